The van der Waals surface area contributed by atoms with Crippen LogP contribution in [0.4, 0.5) is 11.4 Å². The molecule has 164 valence electrons. The monoisotopic (exact) mass is 442 g/mol. The second kappa shape index (κ2) is 7.93. The van der Waals surface area contributed by atoms with Crippen LogP contribution in [-0.2, 0) is 5.41 Å². The maximum absolute atomic E-state index is 12.9. The van der Waals surface area contributed by atoms with Crippen molar-refractivity contribution in [1.82, 2.24) is 0 Å². The van der Waals surface area contributed by atoms with Crippen molar-refractivity contribution in [2.45, 2.75) is 51.5 Å². The molecule has 0 bridgehead atoms. The van der Waals surface area contributed by atoms with Crippen molar-refractivity contribution in [3.05, 3.63) is 93.2 Å². The standard InChI is InChI=1S/C28H30N2OS/c1-17-8-15-25(32-17)26-22-7-5-6-21(22)23-16-20(13-14-24(23)30-26)29-27(31)18-9-11-19(12-10-18)28(2,3)4/h5-6,8-16,21-22,26,30H,7H2,1-4H3,(H,29,31). The topological polar surface area (TPSA) is 41.1 Å². The van der Waals surface area contributed by atoms with Gasteiger partial charge in [-0.2, -0.15) is 0 Å². The van der Waals surface area contributed by atoms with Gasteiger partial charge in [0.15, 0.2) is 0 Å². The van der Waals surface area contributed by atoms with Crippen LogP contribution in [0.5, 0.6) is 0 Å². The first-order valence-electron chi connectivity index (χ1n) is 11.3. The molecule has 0 radical (unpaired) electrons. The van der Waals surface area contributed by atoms with E-state index >= 15 is 0 Å². The van der Waals surface area contributed by atoms with Crippen molar-refractivity contribution in [3.8, 4) is 0 Å². The number of hydrogen-bond donors (Lipinski definition) is 2. The predicted molar refractivity (Wildman–Crippen MR) is 135 cm³/mol. The highest BCUT2D eigenvalue weighted by Crippen LogP contribution is 2.51. The lowest BCUT2D eigenvalue weighted by Crippen LogP contribution is -2.28. The molecule has 32 heavy (non-hydrogen) atoms. The number of fused-ring (bicyclic) bond motifs is 3. The fraction of sp³-hybridized carbons (Fsp3) is 0.321. The molecule has 1 amide bonds. The summed E-state index contributed by atoms with van der Waals surface area (Å²) < 4.78 is 0. The molecule has 2 N–H and O–H groups in total. The maximum atomic E-state index is 12.9. The van der Waals surface area contributed by atoms with Gasteiger partial charge in [-0.1, -0.05) is 45.1 Å². The number of carbonyl (C=O) groups is 1. The molecule has 0 saturated carbocycles. The molecular formula is C28H30N2OS. The van der Waals surface area contributed by atoms with Gasteiger partial charge in [-0.05, 0) is 78.3 Å². The first-order chi connectivity index (χ1) is 15.3. The number of aryl methyl sites for hydroxylation is 1. The molecule has 4 heteroatoms. The Kier molecular flexibility index (Phi) is 5.21. The Bertz CT molecular complexity index is 1180. The number of rotatable bonds is 3. The van der Waals surface area contributed by atoms with Crippen LogP contribution in [-0.4, -0.2) is 5.91 Å². The van der Waals surface area contributed by atoms with Crippen molar-refractivity contribution in [2.75, 3.05) is 10.6 Å². The van der Waals surface area contributed by atoms with Gasteiger partial charge in [-0.15, -0.1) is 11.3 Å². The zero-order valence-corrected chi connectivity index (χ0v) is 19.9. The number of benzene rings is 2. The summed E-state index contributed by atoms with van der Waals surface area (Å²) >= 11 is 1.88. The molecular weight excluding hydrogens is 412 g/mol. The van der Waals surface area contributed by atoms with Crippen LogP contribution in [0.3, 0.4) is 0 Å². The molecule has 3 atom stereocenters. The Morgan fingerprint density at radius 1 is 1.06 bits per heavy atom. The minimum Gasteiger partial charge on any atom is -0.377 e. The second-order valence-corrected chi connectivity index (χ2v) is 11.3. The molecule has 2 aliphatic rings. The van der Waals surface area contributed by atoms with Crippen molar-refractivity contribution in [2.24, 2.45) is 5.92 Å². The van der Waals surface area contributed by atoms with E-state index in [2.05, 4.69) is 74.7 Å². The summed E-state index contributed by atoms with van der Waals surface area (Å²) in [4.78, 5) is 15.6. The first kappa shape index (κ1) is 21.0. The first-order valence-corrected chi connectivity index (χ1v) is 12.2. The third kappa shape index (κ3) is 3.88. The van der Waals surface area contributed by atoms with Gasteiger partial charge in [-0.25, -0.2) is 0 Å². The zero-order valence-electron chi connectivity index (χ0n) is 19.1. The summed E-state index contributed by atoms with van der Waals surface area (Å²) in [6, 6.07) is 19.0. The van der Waals surface area contributed by atoms with Gasteiger partial charge >= 0.3 is 0 Å². The Morgan fingerprint density at radius 3 is 2.53 bits per heavy atom. The fourth-order valence-electron chi connectivity index (χ4n) is 4.90. The summed E-state index contributed by atoms with van der Waals surface area (Å²) in [5.74, 6) is 0.817. The third-order valence-corrected chi connectivity index (χ3v) is 7.79. The van der Waals surface area contributed by atoms with Gasteiger partial charge in [0.2, 0.25) is 0 Å². The molecule has 2 aromatic carbocycles. The van der Waals surface area contributed by atoms with Gasteiger partial charge < -0.3 is 10.6 Å². The van der Waals surface area contributed by atoms with E-state index in [0.29, 0.717) is 23.4 Å². The van der Waals surface area contributed by atoms with E-state index < -0.39 is 0 Å². The molecule has 1 aliphatic heterocycles. The number of allylic oxidation sites excluding steroid dienone is 2. The van der Waals surface area contributed by atoms with E-state index in [1.165, 1.54) is 26.6 Å². The van der Waals surface area contributed by atoms with E-state index in [-0.39, 0.29) is 11.3 Å². The lowest BCUT2D eigenvalue weighted by atomic mass is 9.78. The van der Waals surface area contributed by atoms with Crippen LogP contribution in [0.25, 0.3) is 0 Å². The van der Waals surface area contributed by atoms with E-state index in [1.54, 1.807) is 0 Å². The minimum absolute atomic E-state index is 0.0698. The van der Waals surface area contributed by atoms with Crippen molar-refractivity contribution < 1.29 is 4.79 Å². The predicted octanol–water partition coefficient (Wildman–Crippen LogP) is 7.43. The highest BCUT2D eigenvalue weighted by molar-refractivity contribution is 7.12. The molecule has 3 nitrogen and oxygen atoms in total. The molecule has 1 aromatic heterocycles. The lowest BCUT2D eigenvalue weighted by molar-refractivity contribution is 0.102. The van der Waals surface area contributed by atoms with E-state index in [4.69, 9.17) is 0 Å². The van der Waals surface area contributed by atoms with E-state index in [1.807, 2.05) is 41.7 Å². The van der Waals surface area contributed by atoms with Crippen LogP contribution in [0.2, 0.25) is 0 Å². The normalized spacial score (nSPS) is 21.6. The van der Waals surface area contributed by atoms with Crippen molar-refractivity contribution in [3.63, 3.8) is 0 Å². The van der Waals surface area contributed by atoms with Crippen LogP contribution < -0.4 is 10.6 Å². The maximum Gasteiger partial charge on any atom is 0.255 e. The highest BCUT2D eigenvalue weighted by atomic mass is 32.1. The van der Waals surface area contributed by atoms with Crippen LogP contribution in [0.15, 0.2) is 66.7 Å². The molecule has 2 heterocycles. The summed E-state index contributed by atoms with van der Waals surface area (Å²) in [6.07, 6.45) is 5.73. The molecule has 1 aliphatic carbocycles. The number of nitrogens with one attached hydrogen (secondary N) is 2. The van der Waals surface area contributed by atoms with E-state index in [9.17, 15) is 4.79 Å². The van der Waals surface area contributed by atoms with Gasteiger partial charge in [0, 0.05) is 32.6 Å². The SMILES string of the molecule is Cc1ccc(C2Nc3ccc(NC(=O)c4ccc(C(C)(C)C)cc4)cc3C3C=CCC32)s1. The van der Waals surface area contributed by atoms with Gasteiger partial charge in [-0.3, -0.25) is 4.79 Å². The van der Waals surface area contributed by atoms with Gasteiger partial charge in [0.25, 0.3) is 5.91 Å². The number of hydrogen-bond acceptors (Lipinski definition) is 3. The van der Waals surface area contributed by atoms with Crippen molar-refractivity contribution >= 4 is 28.6 Å². The third-order valence-electron chi connectivity index (χ3n) is 6.70. The Morgan fingerprint density at radius 2 is 1.84 bits per heavy atom. The van der Waals surface area contributed by atoms with E-state index in [0.717, 1.165) is 12.1 Å². The molecule has 3 aromatic rings. The Hall–Kier alpha value is -2.85. The van der Waals surface area contributed by atoms with Crippen LogP contribution in [0.1, 0.15) is 70.4 Å². The number of carbonyl (C=O) groups excluding carboxylic acids is 1. The van der Waals surface area contributed by atoms with Crippen LogP contribution in [0, 0.1) is 12.8 Å². The summed E-state index contributed by atoms with van der Waals surface area (Å²) in [5, 5.41) is 6.89. The van der Waals surface area contributed by atoms with Crippen LogP contribution >= 0.6 is 11.3 Å². The van der Waals surface area contributed by atoms with Crippen molar-refractivity contribution in [1.29, 1.82) is 0 Å². The fourth-order valence-corrected chi connectivity index (χ4v) is 5.90. The summed E-state index contributed by atoms with van der Waals surface area (Å²) in [6.45, 7) is 8.70. The average molecular weight is 443 g/mol. The Balaban J connectivity index is 1.38. The lowest BCUT2D eigenvalue weighted by Gasteiger charge is -2.37. The van der Waals surface area contributed by atoms with Gasteiger partial charge in [0.05, 0.1) is 6.04 Å². The molecule has 0 fully saturated rings. The smallest absolute Gasteiger partial charge is 0.255 e. The zero-order chi connectivity index (χ0) is 22.5. The molecule has 3 unspecified atom stereocenters. The molecule has 0 spiro atoms. The molecule has 5 rings (SSSR count). The Labute approximate surface area is 194 Å². The number of anilines is 2. The molecule has 0 saturated heterocycles. The largest absolute Gasteiger partial charge is 0.377 e. The average Bonchev–Trinajstić information content (AvgIpc) is 3.42. The highest BCUT2D eigenvalue weighted by Gasteiger charge is 2.38. The second-order valence-electron chi connectivity index (χ2n) is 10.0. The summed E-state index contributed by atoms with van der Waals surface area (Å²) in [5.41, 5.74) is 5.27. The van der Waals surface area contributed by atoms with Gasteiger partial charge in [0.1, 0.15) is 0 Å². The number of amides is 1. The number of thiophene rings is 1. The minimum atomic E-state index is -0.0698. The quantitative estimate of drug-likeness (QED) is 0.414. The summed E-state index contributed by atoms with van der Waals surface area (Å²) in [7, 11) is 0.